The van der Waals surface area contributed by atoms with Crippen molar-refractivity contribution in [2.24, 2.45) is 10.9 Å². The van der Waals surface area contributed by atoms with Crippen LogP contribution in [0.4, 0.5) is 0 Å². The van der Waals surface area contributed by atoms with Gasteiger partial charge in [0.05, 0.1) is 0 Å². The molecule has 0 spiro atoms. The number of nitrogens with zero attached hydrogens (tertiary/aromatic N) is 3. The molecule has 2 atom stereocenters. The first kappa shape index (κ1) is 22.2. The molecule has 0 bridgehead atoms. The van der Waals surface area contributed by atoms with Crippen molar-refractivity contribution < 1.29 is 4.79 Å². The summed E-state index contributed by atoms with van der Waals surface area (Å²) < 4.78 is 0. The second-order valence-electron chi connectivity index (χ2n) is 7.88. The molecule has 1 fully saturated rings. The molecule has 1 aromatic carbocycles. The van der Waals surface area contributed by atoms with Crippen LogP contribution in [0.15, 0.2) is 29.3 Å². The summed E-state index contributed by atoms with van der Waals surface area (Å²) in [5.74, 6) is 1.50. The number of guanidine groups is 1. The van der Waals surface area contributed by atoms with Crippen LogP contribution in [0, 0.1) is 5.92 Å². The molecule has 1 aromatic rings. The van der Waals surface area contributed by atoms with Crippen molar-refractivity contribution >= 4 is 11.9 Å². The van der Waals surface area contributed by atoms with E-state index >= 15 is 0 Å². The highest BCUT2D eigenvalue weighted by atomic mass is 16.2. The fourth-order valence-corrected chi connectivity index (χ4v) is 3.63. The molecular weight excluding hydrogens is 350 g/mol. The smallest absolute Gasteiger partial charge is 0.253 e. The highest BCUT2D eigenvalue weighted by Gasteiger charge is 2.31. The van der Waals surface area contributed by atoms with Crippen molar-refractivity contribution in [1.82, 2.24) is 20.4 Å². The lowest BCUT2D eigenvalue weighted by atomic mass is 10.1. The summed E-state index contributed by atoms with van der Waals surface area (Å²) in [5.41, 5.74) is 1.87. The van der Waals surface area contributed by atoms with E-state index in [0.717, 1.165) is 43.3 Å². The Morgan fingerprint density at radius 3 is 2.36 bits per heavy atom. The van der Waals surface area contributed by atoms with Gasteiger partial charge in [0.25, 0.3) is 5.91 Å². The normalized spacial score (nSPS) is 20.5. The lowest BCUT2D eigenvalue weighted by Gasteiger charge is -2.22. The molecule has 1 saturated heterocycles. The number of hydrogen-bond donors (Lipinski definition) is 2. The molecule has 2 N–H and O–H groups in total. The molecule has 6 nitrogen and oxygen atoms in total. The van der Waals surface area contributed by atoms with Crippen molar-refractivity contribution in [3.63, 3.8) is 0 Å². The Morgan fingerprint density at radius 1 is 1.21 bits per heavy atom. The summed E-state index contributed by atoms with van der Waals surface area (Å²) >= 11 is 0. The Hall–Kier alpha value is -2.08. The first-order valence-corrected chi connectivity index (χ1v) is 10.5. The van der Waals surface area contributed by atoms with Crippen LogP contribution >= 0.6 is 0 Å². The summed E-state index contributed by atoms with van der Waals surface area (Å²) in [7, 11) is 1.81. The summed E-state index contributed by atoms with van der Waals surface area (Å²) in [6.07, 6.45) is 0. The van der Waals surface area contributed by atoms with Crippen LogP contribution in [0.5, 0.6) is 0 Å². The van der Waals surface area contributed by atoms with E-state index in [9.17, 15) is 4.79 Å². The summed E-state index contributed by atoms with van der Waals surface area (Å²) in [4.78, 5) is 21.1. The lowest BCUT2D eigenvalue weighted by molar-refractivity contribution is 0.0773. The number of carbonyl (C=O) groups excluding carboxylic acids is 1. The minimum atomic E-state index is 0.0897. The first-order chi connectivity index (χ1) is 13.4. The van der Waals surface area contributed by atoms with Gasteiger partial charge in [-0.3, -0.25) is 14.7 Å². The van der Waals surface area contributed by atoms with Crippen molar-refractivity contribution in [1.29, 1.82) is 0 Å². The van der Waals surface area contributed by atoms with E-state index < -0.39 is 0 Å². The monoisotopic (exact) mass is 387 g/mol. The highest BCUT2D eigenvalue weighted by Crippen LogP contribution is 2.18. The Labute approximate surface area is 170 Å². The topological polar surface area (TPSA) is 60.0 Å². The van der Waals surface area contributed by atoms with Gasteiger partial charge in [-0.05, 0) is 51.3 Å². The number of benzene rings is 1. The maximum Gasteiger partial charge on any atom is 0.253 e. The molecule has 6 heteroatoms. The zero-order valence-corrected chi connectivity index (χ0v) is 18.3. The third-order valence-electron chi connectivity index (χ3n) is 5.63. The van der Waals surface area contributed by atoms with Gasteiger partial charge in [-0.15, -0.1) is 0 Å². The van der Waals surface area contributed by atoms with E-state index in [1.54, 1.807) is 7.05 Å². The van der Waals surface area contributed by atoms with Gasteiger partial charge in [-0.25, -0.2) is 0 Å². The highest BCUT2D eigenvalue weighted by molar-refractivity contribution is 5.94. The molecule has 1 aliphatic rings. The quantitative estimate of drug-likeness (QED) is 0.558. The molecule has 1 heterocycles. The van der Waals surface area contributed by atoms with Crippen LogP contribution in [0.25, 0.3) is 0 Å². The second-order valence-corrected chi connectivity index (χ2v) is 7.88. The minimum absolute atomic E-state index is 0.0897. The predicted octanol–water partition coefficient (Wildman–Crippen LogP) is 2.56. The Morgan fingerprint density at radius 2 is 1.86 bits per heavy atom. The van der Waals surface area contributed by atoms with Crippen LogP contribution in [0.1, 0.15) is 50.5 Å². The van der Waals surface area contributed by atoms with Crippen molar-refractivity contribution in [3.8, 4) is 0 Å². The Bertz CT molecular complexity index is 651. The molecule has 2 unspecified atom stereocenters. The number of nitrogens with one attached hydrogen (secondary N) is 2. The third kappa shape index (κ3) is 5.71. The van der Waals surface area contributed by atoms with Gasteiger partial charge in [-0.2, -0.15) is 0 Å². The fourth-order valence-electron chi connectivity index (χ4n) is 3.63. The number of amides is 1. The second kappa shape index (κ2) is 10.5. The fraction of sp³-hybridized carbons (Fsp3) is 0.636. The van der Waals surface area contributed by atoms with Crippen molar-refractivity contribution in [3.05, 3.63) is 35.4 Å². The first-order valence-electron chi connectivity index (χ1n) is 10.5. The molecule has 0 aliphatic carbocycles. The Kier molecular flexibility index (Phi) is 8.30. The zero-order chi connectivity index (χ0) is 20.7. The van der Waals surface area contributed by atoms with Crippen molar-refractivity contribution in [2.75, 3.05) is 33.2 Å². The van der Waals surface area contributed by atoms with Crippen LogP contribution in [0.2, 0.25) is 0 Å². The molecule has 2 rings (SSSR count). The van der Waals surface area contributed by atoms with Gasteiger partial charge >= 0.3 is 0 Å². The maximum atomic E-state index is 12.4. The SMILES string of the molecule is CCN(CC)C(=O)c1ccc(CNC(=NC)NC2CN(C(C)C)CC2C)cc1. The predicted molar refractivity (Wildman–Crippen MR) is 117 cm³/mol. The van der Waals surface area contributed by atoms with Crippen LogP contribution in [0.3, 0.4) is 0 Å². The maximum absolute atomic E-state index is 12.4. The van der Waals surface area contributed by atoms with Crippen LogP contribution in [-0.4, -0.2) is 67.0 Å². The van der Waals surface area contributed by atoms with Gasteiger partial charge in [0, 0.05) is 57.4 Å². The summed E-state index contributed by atoms with van der Waals surface area (Å²) in [6, 6.07) is 8.82. The molecule has 1 aliphatic heterocycles. The van der Waals surface area contributed by atoms with E-state index in [0.29, 0.717) is 24.5 Å². The molecular formula is C22H37N5O. The molecule has 0 radical (unpaired) electrons. The minimum Gasteiger partial charge on any atom is -0.352 e. The van der Waals surface area contributed by atoms with Gasteiger partial charge in [0.1, 0.15) is 0 Å². The zero-order valence-electron chi connectivity index (χ0n) is 18.3. The lowest BCUT2D eigenvalue weighted by Crippen LogP contribution is -2.46. The van der Waals surface area contributed by atoms with E-state index in [-0.39, 0.29) is 5.91 Å². The van der Waals surface area contributed by atoms with Gasteiger partial charge in [-0.1, -0.05) is 19.1 Å². The number of likely N-dealkylation sites (tertiary alicyclic amines) is 1. The molecule has 156 valence electrons. The molecule has 0 aromatic heterocycles. The van der Waals surface area contributed by atoms with E-state index in [2.05, 4.69) is 41.3 Å². The van der Waals surface area contributed by atoms with Crippen LogP contribution in [-0.2, 0) is 6.54 Å². The molecule has 28 heavy (non-hydrogen) atoms. The Balaban J connectivity index is 1.89. The third-order valence-corrected chi connectivity index (χ3v) is 5.63. The average Bonchev–Trinajstić information content (AvgIpc) is 3.07. The van der Waals surface area contributed by atoms with Crippen LogP contribution < -0.4 is 10.6 Å². The van der Waals surface area contributed by atoms with Gasteiger partial charge < -0.3 is 15.5 Å². The number of carbonyl (C=O) groups is 1. The average molecular weight is 388 g/mol. The van der Waals surface area contributed by atoms with E-state index in [4.69, 9.17) is 0 Å². The number of aliphatic imine (C=N–C) groups is 1. The molecule has 0 saturated carbocycles. The number of rotatable bonds is 7. The van der Waals surface area contributed by atoms with E-state index in [1.807, 2.05) is 43.0 Å². The van der Waals surface area contributed by atoms with E-state index in [1.165, 1.54) is 0 Å². The summed E-state index contributed by atoms with van der Waals surface area (Å²) in [5, 5.41) is 6.96. The van der Waals surface area contributed by atoms with Gasteiger partial charge in [0.2, 0.25) is 0 Å². The standard InChI is InChI=1S/C22H37N5O/c1-7-26(8-2)21(28)19-11-9-18(10-12-19)13-24-22(23-6)25-20-15-27(16(3)4)14-17(20)5/h9-12,16-17,20H,7-8,13-15H2,1-6H3,(H2,23,24,25). The molecule has 1 amide bonds. The van der Waals surface area contributed by atoms with Crippen molar-refractivity contribution in [2.45, 2.75) is 53.2 Å². The number of hydrogen-bond acceptors (Lipinski definition) is 3. The van der Waals surface area contributed by atoms with Gasteiger partial charge in [0.15, 0.2) is 5.96 Å². The largest absolute Gasteiger partial charge is 0.352 e. The summed E-state index contributed by atoms with van der Waals surface area (Å²) in [6.45, 7) is 15.1.